The standard InChI is InChI=1S/C10H10ClN/c1-6-3-4-8-9(6)10(11)7(2)5-12-8/h3,5H,4H2,1-2H3. The topological polar surface area (TPSA) is 12.9 Å². The molecule has 0 unspecified atom stereocenters. The number of nitrogens with zero attached hydrogens (tertiary/aromatic N) is 1. The number of aromatic nitrogens is 1. The molecule has 1 aromatic heterocycles. The summed E-state index contributed by atoms with van der Waals surface area (Å²) in [6, 6.07) is 0. The summed E-state index contributed by atoms with van der Waals surface area (Å²) in [5.74, 6) is 0. The van der Waals surface area contributed by atoms with Crippen molar-refractivity contribution in [2.75, 3.05) is 0 Å². The Kier molecular flexibility index (Phi) is 1.69. The van der Waals surface area contributed by atoms with Crippen molar-refractivity contribution >= 4 is 17.2 Å². The Labute approximate surface area is 77.1 Å². The largest absolute Gasteiger partial charge is 0.260 e. The zero-order chi connectivity index (χ0) is 8.72. The maximum atomic E-state index is 6.15. The molecule has 0 amide bonds. The van der Waals surface area contributed by atoms with Gasteiger partial charge < -0.3 is 0 Å². The van der Waals surface area contributed by atoms with Gasteiger partial charge in [0, 0.05) is 18.2 Å². The van der Waals surface area contributed by atoms with Gasteiger partial charge >= 0.3 is 0 Å². The Morgan fingerprint density at radius 3 is 2.92 bits per heavy atom. The minimum absolute atomic E-state index is 0.867. The average Bonchev–Trinajstić information content (AvgIpc) is 2.41. The lowest BCUT2D eigenvalue weighted by atomic mass is 10.1. The third-order valence-corrected chi connectivity index (χ3v) is 2.75. The Hall–Kier alpha value is -0.820. The molecular weight excluding hydrogens is 170 g/mol. The third-order valence-electron chi connectivity index (χ3n) is 2.26. The molecule has 0 saturated carbocycles. The first-order valence-electron chi connectivity index (χ1n) is 4.01. The number of aryl methyl sites for hydroxylation is 1. The summed E-state index contributed by atoms with van der Waals surface area (Å²) < 4.78 is 0. The molecule has 0 saturated heterocycles. The molecular formula is C10H10ClN. The fourth-order valence-corrected chi connectivity index (χ4v) is 1.83. The Bertz CT molecular complexity index is 366. The van der Waals surface area contributed by atoms with E-state index in [1.54, 1.807) is 0 Å². The summed E-state index contributed by atoms with van der Waals surface area (Å²) in [7, 11) is 0. The second-order valence-corrected chi connectivity index (χ2v) is 3.55. The van der Waals surface area contributed by atoms with Gasteiger partial charge in [-0.2, -0.15) is 0 Å². The van der Waals surface area contributed by atoms with E-state index in [0.717, 1.165) is 28.3 Å². The number of allylic oxidation sites excluding steroid dienone is 2. The predicted octanol–water partition coefficient (Wildman–Crippen LogP) is 3.00. The molecule has 2 rings (SSSR count). The van der Waals surface area contributed by atoms with Crippen LogP contribution in [0.25, 0.3) is 5.57 Å². The van der Waals surface area contributed by atoms with Gasteiger partial charge in [-0.1, -0.05) is 17.7 Å². The van der Waals surface area contributed by atoms with Crippen LogP contribution in [0.3, 0.4) is 0 Å². The first-order valence-corrected chi connectivity index (χ1v) is 4.39. The molecule has 0 fully saturated rings. The van der Waals surface area contributed by atoms with Crippen LogP contribution in [0.15, 0.2) is 12.3 Å². The highest BCUT2D eigenvalue weighted by Gasteiger charge is 2.16. The highest BCUT2D eigenvalue weighted by molar-refractivity contribution is 6.33. The Morgan fingerprint density at radius 2 is 2.17 bits per heavy atom. The molecule has 0 N–H and O–H groups in total. The molecule has 0 spiro atoms. The van der Waals surface area contributed by atoms with Crippen LogP contribution in [0.2, 0.25) is 5.02 Å². The zero-order valence-electron chi connectivity index (χ0n) is 7.19. The van der Waals surface area contributed by atoms with E-state index in [0.29, 0.717) is 0 Å². The summed E-state index contributed by atoms with van der Waals surface area (Å²) in [6.45, 7) is 4.07. The Balaban J connectivity index is 2.70. The van der Waals surface area contributed by atoms with Gasteiger partial charge in [0.15, 0.2) is 0 Å². The summed E-state index contributed by atoms with van der Waals surface area (Å²) in [5.41, 5.74) is 4.58. The molecule has 1 nitrogen and oxygen atoms in total. The van der Waals surface area contributed by atoms with Crippen molar-refractivity contribution in [3.8, 4) is 0 Å². The number of hydrogen-bond acceptors (Lipinski definition) is 1. The molecule has 0 radical (unpaired) electrons. The van der Waals surface area contributed by atoms with E-state index >= 15 is 0 Å². The van der Waals surface area contributed by atoms with Crippen LogP contribution in [0, 0.1) is 6.92 Å². The second kappa shape index (κ2) is 2.60. The molecule has 1 aromatic rings. The molecule has 62 valence electrons. The van der Waals surface area contributed by atoms with Gasteiger partial charge in [-0.15, -0.1) is 0 Å². The van der Waals surface area contributed by atoms with E-state index in [4.69, 9.17) is 11.6 Å². The number of rotatable bonds is 0. The molecule has 0 aliphatic heterocycles. The van der Waals surface area contributed by atoms with E-state index < -0.39 is 0 Å². The van der Waals surface area contributed by atoms with Crippen molar-refractivity contribution in [1.82, 2.24) is 4.98 Å². The highest BCUT2D eigenvalue weighted by atomic mass is 35.5. The number of pyridine rings is 1. The van der Waals surface area contributed by atoms with Crippen molar-refractivity contribution in [2.45, 2.75) is 20.3 Å². The van der Waals surface area contributed by atoms with Crippen LogP contribution in [0.5, 0.6) is 0 Å². The van der Waals surface area contributed by atoms with Gasteiger partial charge in [0.1, 0.15) is 0 Å². The van der Waals surface area contributed by atoms with Crippen LogP contribution in [-0.4, -0.2) is 4.98 Å². The fraction of sp³-hybridized carbons (Fsp3) is 0.300. The molecule has 1 aliphatic carbocycles. The monoisotopic (exact) mass is 179 g/mol. The van der Waals surface area contributed by atoms with E-state index in [1.165, 1.54) is 5.57 Å². The molecule has 2 heteroatoms. The van der Waals surface area contributed by atoms with Gasteiger partial charge in [0.2, 0.25) is 0 Å². The first kappa shape index (κ1) is 7.81. The van der Waals surface area contributed by atoms with Gasteiger partial charge in [-0.25, -0.2) is 0 Å². The molecule has 0 aromatic carbocycles. The van der Waals surface area contributed by atoms with Gasteiger partial charge in [-0.3, -0.25) is 4.98 Å². The summed E-state index contributed by atoms with van der Waals surface area (Å²) in [5, 5.41) is 0.867. The molecule has 0 bridgehead atoms. The zero-order valence-corrected chi connectivity index (χ0v) is 7.94. The van der Waals surface area contributed by atoms with E-state index in [1.807, 2.05) is 13.1 Å². The SMILES string of the molecule is CC1=CCc2ncc(C)c(Cl)c21. The average molecular weight is 180 g/mol. The highest BCUT2D eigenvalue weighted by Crippen LogP contribution is 2.33. The lowest BCUT2D eigenvalue weighted by Crippen LogP contribution is -1.92. The van der Waals surface area contributed by atoms with Crippen molar-refractivity contribution in [3.63, 3.8) is 0 Å². The Morgan fingerprint density at radius 1 is 1.42 bits per heavy atom. The normalized spacial score (nSPS) is 14.4. The molecule has 1 aliphatic rings. The van der Waals surface area contributed by atoms with Crippen LogP contribution >= 0.6 is 11.6 Å². The quantitative estimate of drug-likeness (QED) is 0.597. The minimum Gasteiger partial charge on any atom is -0.260 e. The van der Waals surface area contributed by atoms with Gasteiger partial charge in [0.25, 0.3) is 0 Å². The van der Waals surface area contributed by atoms with Crippen LogP contribution < -0.4 is 0 Å². The molecule has 0 atom stereocenters. The van der Waals surface area contributed by atoms with Crippen LogP contribution in [0.1, 0.15) is 23.7 Å². The number of halogens is 1. The summed E-state index contributed by atoms with van der Waals surface area (Å²) >= 11 is 6.15. The van der Waals surface area contributed by atoms with Gasteiger partial charge in [-0.05, 0) is 25.0 Å². The van der Waals surface area contributed by atoms with Gasteiger partial charge in [0.05, 0.1) is 10.7 Å². The fourth-order valence-electron chi connectivity index (χ4n) is 1.53. The number of fused-ring (bicyclic) bond motifs is 1. The van der Waals surface area contributed by atoms with Crippen LogP contribution in [-0.2, 0) is 6.42 Å². The third kappa shape index (κ3) is 0.969. The van der Waals surface area contributed by atoms with Crippen molar-refractivity contribution in [2.24, 2.45) is 0 Å². The van der Waals surface area contributed by atoms with E-state index in [9.17, 15) is 0 Å². The minimum atomic E-state index is 0.867. The maximum Gasteiger partial charge on any atom is 0.0543 e. The first-order chi connectivity index (χ1) is 5.70. The predicted molar refractivity (Wildman–Crippen MR) is 51.3 cm³/mol. The smallest absolute Gasteiger partial charge is 0.0543 e. The molecule has 12 heavy (non-hydrogen) atoms. The van der Waals surface area contributed by atoms with Crippen molar-refractivity contribution in [1.29, 1.82) is 0 Å². The van der Waals surface area contributed by atoms with Crippen molar-refractivity contribution in [3.05, 3.63) is 34.1 Å². The lowest BCUT2D eigenvalue weighted by Gasteiger charge is -2.05. The molecule has 1 heterocycles. The van der Waals surface area contributed by atoms with Crippen LogP contribution in [0.4, 0.5) is 0 Å². The second-order valence-electron chi connectivity index (χ2n) is 3.17. The van der Waals surface area contributed by atoms with Crippen molar-refractivity contribution < 1.29 is 0 Å². The summed E-state index contributed by atoms with van der Waals surface area (Å²) in [4.78, 5) is 4.33. The lowest BCUT2D eigenvalue weighted by molar-refractivity contribution is 1.11. The van der Waals surface area contributed by atoms with E-state index in [2.05, 4.69) is 18.0 Å². The summed E-state index contributed by atoms with van der Waals surface area (Å²) in [6.07, 6.45) is 4.94. The van der Waals surface area contributed by atoms with E-state index in [-0.39, 0.29) is 0 Å². The number of hydrogen-bond donors (Lipinski definition) is 0. The maximum absolute atomic E-state index is 6.15.